The van der Waals surface area contributed by atoms with Crippen molar-refractivity contribution in [1.82, 2.24) is 9.38 Å². The number of nitrogens with one attached hydrogen (secondary N) is 1. The van der Waals surface area contributed by atoms with Gasteiger partial charge in [-0.3, -0.25) is 9.20 Å². The molecule has 0 aliphatic heterocycles. The number of nitrogens with zero attached hydrogens (tertiary/aromatic N) is 3. The minimum Gasteiger partial charge on any atom is -0.316 e. The zero-order chi connectivity index (χ0) is 19.0. The minimum absolute atomic E-state index is 0.137. The first kappa shape index (κ1) is 17.5. The number of aryl methyl sites for hydroxylation is 1. The first-order valence-corrected chi connectivity index (χ1v) is 10.1. The molecule has 0 saturated carbocycles. The van der Waals surface area contributed by atoms with E-state index in [-0.39, 0.29) is 12.3 Å². The Kier molecular flexibility index (Phi) is 4.52. The number of thiazole rings is 1. The van der Waals surface area contributed by atoms with Gasteiger partial charge in [-0.05, 0) is 19.4 Å². The number of amides is 1. The monoisotopic (exact) mass is 392 g/mol. The zero-order valence-corrected chi connectivity index (χ0v) is 16.4. The molecule has 1 amide bonds. The van der Waals surface area contributed by atoms with E-state index in [2.05, 4.69) is 16.4 Å². The van der Waals surface area contributed by atoms with Gasteiger partial charge < -0.3 is 5.32 Å². The molecule has 3 heterocycles. The molecule has 1 aromatic carbocycles. The van der Waals surface area contributed by atoms with Crippen LogP contribution in [0.2, 0.25) is 0 Å². The number of hydrogen-bond donors (Lipinski definition) is 1. The van der Waals surface area contributed by atoms with Gasteiger partial charge in [0.15, 0.2) is 4.96 Å². The molecule has 0 atom stereocenters. The topological polar surface area (TPSA) is 70.2 Å². The number of nitriles is 1. The van der Waals surface area contributed by atoms with Crippen LogP contribution in [0.1, 0.15) is 21.7 Å². The molecule has 0 bridgehead atoms. The summed E-state index contributed by atoms with van der Waals surface area (Å²) in [5.74, 6) is -0.137. The van der Waals surface area contributed by atoms with Gasteiger partial charge in [-0.25, -0.2) is 4.98 Å². The van der Waals surface area contributed by atoms with Crippen molar-refractivity contribution in [3.8, 4) is 17.3 Å². The second-order valence-corrected chi connectivity index (χ2v) is 8.26. The van der Waals surface area contributed by atoms with Crippen molar-refractivity contribution in [1.29, 1.82) is 5.26 Å². The third-order valence-electron chi connectivity index (χ3n) is 4.44. The maximum atomic E-state index is 12.5. The van der Waals surface area contributed by atoms with Crippen molar-refractivity contribution in [2.45, 2.75) is 20.3 Å². The molecule has 0 aliphatic carbocycles. The number of aromatic nitrogens is 2. The minimum atomic E-state index is -0.137. The maximum absolute atomic E-state index is 12.5. The van der Waals surface area contributed by atoms with Crippen LogP contribution in [0.3, 0.4) is 0 Å². The summed E-state index contributed by atoms with van der Waals surface area (Å²) in [5.41, 5.74) is 4.30. The number of benzene rings is 1. The Labute approximate surface area is 164 Å². The average molecular weight is 393 g/mol. The lowest BCUT2D eigenvalue weighted by atomic mass is 10.2. The fraction of sp³-hybridized carbons (Fsp3) is 0.150. The second-order valence-electron chi connectivity index (χ2n) is 6.20. The number of anilines is 1. The van der Waals surface area contributed by atoms with Crippen molar-refractivity contribution in [3.63, 3.8) is 0 Å². The van der Waals surface area contributed by atoms with Crippen LogP contribution in [0, 0.1) is 25.2 Å². The molecule has 4 rings (SSSR count). The van der Waals surface area contributed by atoms with E-state index in [1.54, 1.807) is 0 Å². The van der Waals surface area contributed by atoms with Gasteiger partial charge in [-0.15, -0.1) is 22.7 Å². The van der Waals surface area contributed by atoms with Crippen LogP contribution in [-0.4, -0.2) is 15.3 Å². The highest BCUT2D eigenvalue weighted by Gasteiger charge is 2.17. The van der Waals surface area contributed by atoms with E-state index in [1.165, 1.54) is 22.7 Å². The highest BCUT2D eigenvalue weighted by molar-refractivity contribution is 7.16. The molecule has 5 nitrogen and oxygen atoms in total. The molecule has 27 heavy (non-hydrogen) atoms. The Hall–Kier alpha value is -2.95. The van der Waals surface area contributed by atoms with Crippen LogP contribution in [0.15, 0.2) is 41.9 Å². The van der Waals surface area contributed by atoms with E-state index in [4.69, 9.17) is 0 Å². The van der Waals surface area contributed by atoms with Crippen LogP contribution >= 0.6 is 22.7 Å². The van der Waals surface area contributed by atoms with Gasteiger partial charge >= 0.3 is 0 Å². The molecule has 0 unspecified atom stereocenters. The lowest BCUT2D eigenvalue weighted by molar-refractivity contribution is -0.115. The number of thiophene rings is 1. The molecule has 1 N–H and O–H groups in total. The third-order valence-corrected chi connectivity index (χ3v) is 6.46. The summed E-state index contributed by atoms with van der Waals surface area (Å²) in [6.45, 7) is 3.86. The van der Waals surface area contributed by atoms with Crippen LogP contribution in [-0.2, 0) is 11.2 Å². The Morgan fingerprint density at radius 2 is 2.07 bits per heavy atom. The predicted molar refractivity (Wildman–Crippen MR) is 109 cm³/mol. The predicted octanol–water partition coefficient (Wildman–Crippen LogP) is 4.79. The van der Waals surface area contributed by atoms with E-state index in [1.807, 2.05) is 60.2 Å². The summed E-state index contributed by atoms with van der Waals surface area (Å²) in [5, 5.41) is 14.8. The highest BCUT2D eigenvalue weighted by Crippen LogP contribution is 2.32. The smallest absolute Gasteiger partial charge is 0.230 e. The number of imidazole rings is 1. The summed E-state index contributed by atoms with van der Waals surface area (Å²) < 4.78 is 1.96. The lowest BCUT2D eigenvalue weighted by Crippen LogP contribution is -2.15. The van der Waals surface area contributed by atoms with Crippen molar-refractivity contribution in [2.75, 3.05) is 5.32 Å². The normalized spacial score (nSPS) is 10.9. The van der Waals surface area contributed by atoms with E-state index < -0.39 is 0 Å². The summed E-state index contributed by atoms with van der Waals surface area (Å²) >= 11 is 2.95. The zero-order valence-electron chi connectivity index (χ0n) is 14.8. The van der Waals surface area contributed by atoms with Crippen molar-refractivity contribution in [3.05, 3.63) is 63.6 Å². The Morgan fingerprint density at radius 1 is 1.30 bits per heavy atom. The van der Waals surface area contributed by atoms with Gasteiger partial charge in [-0.2, -0.15) is 5.26 Å². The first-order valence-electron chi connectivity index (χ1n) is 8.37. The molecule has 0 spiro atoms. The van der Waals surface area contributed by atoms with E-state index in [0.29, 0.717) is 10.6 Å². The van der Waals surface area contributed by atoms with Gasteiger partial charge in [0.1, 0.15) is 11.1 Å². The fourth-order valence-electron chi connectivity index (χ4n) is 2.89. The van der Waals surface area contributed by atoms with E-state index >= 15 is 0 Å². The Balaban J connectivity index is 1.57. The van der Waals surface area contributed by atoms with Gasteiger partial charge in [0.2, 0.25) is 5.91 Å². The standard InChI is InChI=1S/C20H16N4OS2/c1-12-13(2)27-19(16(12)9-21)23-18(25)8-15-11-26-20-22-17(10-24(15)20)14-6-4-3-5-7-14/h3-7,10-11H,8H2,1-2H3,(H,23,25). The van der Waals surface area contributed by atoms with E-state index in [0.717, 1.165) is 32.4 Å². The SMILES string of the molecule is Cc1sc(NC(=O)Cc2csc3nc(-c4ccccc4)cn23)c(C#N)c1C. The molecule has 0 saturated heterocycles. The summed E-state index contributed by atoms with van der Waals surface area (Å²) in [6, 6.07) is 12.2. The second kappa shape index (κ2) is 6.99. The van der Waals surface area contributed by atoms with Crippen molar-refractivity contribution < 1.29 is 4.79 Å². The molecule has 0 radical (unpaired) electrons. The molecule has 134 valence electrons. The number of rotatable bonds is 4. The van der Waals surface area contributed by atoms with Crippen molar-refractivity contribution in [2.24, 2.45) is 0 Å². The fourth-order valence-corrected chi connectivity index (χ4v) is 4.79. The Bertz CT molecular complexity index is 1180. The summed E-state index contributed by atoms with van der Waals surface area (Å²) in [7, 11) is 0. The van der Waals surface area contributed by atoms with Crippen LogP contribution in [0.5, 0.6) is 0 Å². The van der Waals surface area contributed by atoms with E-state index in [9.17, 15) is 10.1 Å². The molecule has 0 aliphatic rings. The number of hydrogen-bond acceptors (Lipinski definition) is 5. The van der Waals surface area contributed by atoms with Crippen LogP contribution < -0.4 is 5.32 Å². The lowest BCUT2D eigenvalue weighted by Gasteiger charge is -2.03. The molecule has 3 aromatic heterocycles. The molecule has 7 heteroatoms. The van der Waals surface area contributed by atoms with Gasteiger partial charge in [-0.1, -0.05) is 30.3 Å². The number of fused-ring (bicyclic) bond motifs is 1. The summed E-state index contributed by atoms with van der Waals surface area (Å²) in [6.07, 6.45) is 2.19. The van der Waals surface area contributed by atoms with Crippen molar-refractivity contribution >= 4 is 38.5 Å². The van der Waals surface area contributed by atoms with Gasteiger partial charge in [0.25, 0.3) is 0 Å². The average Bonchev–Trinajstić information content (AvgIpc) is 3.31. The number of carbonyl (C=O) groups is 1. The van der Waals surface area contributed by atoms with Crippen LogP contribution in [0.4, 0.5) is 5.00 Å². The third kappa shape index (κ3) is 3.25. The van der Waals surface area contributed by atoms with Gasteiger partial charge in [0.05, 0.1) is 17.7 Å². The molecular weight excluding hydrogens is 376 g/mol. The largest absolute Gasteiger partial charge is 0.316 e. The summed E-state index contributed by atoms with van der Waals surface area (Å²) in [4.78, 5) is 19.1. The molecule has 4 aromatic rings. The molecular formula is C20H16N4OS2. The molecule has 0 fully saturated rings. The highest BCUT2D eigenvalue weighted by atomic mass is 32.1. The number of carbonyl (C=O) groups excluding carboxylic acids is 1. The van der Waals surface area contributed by atoms with Gasteiger partial charge in [0, 0.05) is 27.7 Å². The quantitative estimate of drug-likeness (QED) is 0.543. The first-order chi connectivity index (χ1) is 13.1. The Morgan fingerprint density at radius 3 is 2.81 bits per heavy atom. The van der Waals surface area contributed by atoms with Crippen LogP contribution in [0.25, 0.3) is 16.2 Å². The maximum Gasteiger partial charge on any atom is 0.230 e.